The molecule has 0 atom stereocenters. The van der Waals surface area contributed by atoms with Crippen molar-refractivity contribution in [2.24, 2.45) is 0 Å². The number of rotatable bonds is 6. The first-order valence-electron chi connectivity index (χ1n) is 9.38. The van der Waals surface area contributed by atoms with E-state index in [1.54, 1.807) is 17.8 Å². The highest BCUT2D eigenvalue weighted by Crippen LogP contribution is 2.34. The number of fused-ring (bicyclic) bond motifs is 1. The van der Waals surface area contributed by atoms with Gasteiger partial charge in [0.2, 0.25) is 0 Å². The van der Waals surface area contributed by atoms with Gasteiger partial charge >= 0.3 is 6.36 Å². The third-order valence-corrected chi connectivity index (χ3v) is 4.72. The van der Waals surface area contributed by atoms with E-state index in [0.29, 0.717) is 29.2 Å². The molecule has 2 heterocycles. The number of hydrogen-bond donors (Lipinski definition) is 2. The quantitative estimate of drug-likeness (QED) is 0.471. The summed E-state index contributed by atoms with van der Waals surface area (Å²) in [5.74, 6) is 0.684. The lowest BCUT2D eigenvalue weighted by Gasteiger charge is -2.10. The molecule has 2 N–H and O–H groups in total. The Morgan fingerprint density at radius 3 is 2.61 bits per heavy atom. The fourth-order valence-corrected chi connectivity index (χ4v) is 3.43. The lowest BCUT2D eigenvalue weighted by molar-refractivity contribution is -0.274. The zero-order valence-electron chi connectivity index (χ0n) is 16.7. The third kappa shape index (κ3) is 4.48. The molecule has 4 aromatic rings. The van der Waals surface area contributed by atoms with Crippen LogP contribution in [0.3, 0.4) is 0 Å². The van der Waals surface area contributed by atoms with Crippen molar-refractivity contribution < 1.29 is 27.5 Å². The number of aromatic hydroxyl groups is 1. The summed E-state index contributed by atoms with van der Waals surface area (Å²) < 4.78 is 47.8. The summed E-state index contributed by atoms with van der Waals surface area (Å²) in [5.41, 5.74) is 2.26. The molecule has 31 heavy (non-hydrogen) atoms. The summed E-state index contributed by atoms with van der Waals surface area (Å²) in [6.07, 6.45) is -2.97. The lowest BCUT2D eigenvalue weighted by Crippen LogP contribution is -2.17. The van der Waals surface area contributed by atoms with Gasteiger partial charge in [0.15, 0.2) is 11.7 Å². The summed E-state index contributed by atoms with van der Waals surface area (Å²) in [7, 11) is 1.79. The van der Waals surface area contributed by atoms with Gasteiger partial charge in [-0.3, -0.25) is 0 Å². The zero-order chi connectivity index (χ0) is 22.2. The number of alkyl halides is 3. The molecular formula is C21H19F3N4O3. The second-order valence-electron chi connectivity index (χ2n) is 7.08. The van der Waals surface area contributed by atoms with Crippen molar-refractivity contribution in [1.29, 1.82) is 0 Å². The standard InChI is InChI=1S/C21H19F3N4O3/c1-12-7-14(19-26-17(9-25-2)27-31-19)8-15-11-28(20(29)18(12)15)10-13-3-5-16(6-4-13)30-21(22,23)24/h3-8,11,25,29H,9-10H2,1-2H3. The Balaban J connectivity index is 1.62. The van der Waals surface area contributed by atoms with Gasteiger partial charge in [0.05, 0.1) is 13.1 Å². The predicted molar refractivity (Wildman–Crippen MR) is 107 cm³/mol. The number of aromatic nitrogens is 3. The molecule has 0 aliphatic heterocycles. The van der Waals surface area contributed by atoms with Crippen LogP contribution in [0.4, 0.5) is 13.2 Å². The summed E-state index contributed by atoms with van der Waals surface area (Å²) in [4.78, 5) is 4.35. The first-order valence-corrected chi connectivity index (χ1v) is 9.38. The fourth-order valence-electron chi connectivity index (χ4n) is 3.43. The summed E-state index contributed by atoms with van der Waals surface area (Å²) in [6.45, 7) is 2.62. The lowest BCUT2D eigenvalue weighted by atomic mass is 10.1. The van der Waals surface area contributed by atoms with Crippen LogP contribution in [0.25, 0.3) is 22.2 Å². The van der Waals surface area contributed by atoms with Crippen molar-refractivity contribution in [2.45, 2.75) is 26.4 Å². The van der Waals surface area contributed by atoms with Gasteiger partial charge in [0, 0.05) is 22.5 Å². The van der Waals surface area contributed by atoms with Gasteiger partial charge in [0.25, 0.3) is 5.89 Å². The van der Waals surface area contributed by atoms with E-state index in [9.17, 15) is 18.3 Å². The number of nitrogens with zero attached hydrogens (tertiary/aromatic N) is 3. The smallest absolute Gasteiger partial charge is 0.494 e. The Bertz CT molecular complexity index is 1210. The number of benzene rings is 2. The van der Waals surface area contributed by atoms with E-state index >= 15 is 0 Å². The molecule has 0 amide bonds. The van der Waals surface area contributed by atoms with Crippen molar-refractivity contribution in [3.63, 3.8) is 0 Å². The van der Waals surface area contributed by atoms with Crippen LogP contribution in [0.1, 0.15) is 17.0 Å². The molecular weight excluding hydrogens is 413 g/mol. The average Bonchev–Trinajstić information content (AvgIpc) is 3.28. The van der Waals surface area contributed by atoms with E-state index in [4.69, 9.17) is 4.52 Å². The van der Waals surface area contributed by atoms with E-state index in [-0.39, 0.29) is 18.2 Å². The largest absolute Gasteiger partial charge is 0.573 e. The van der Waals surface area contributed by atoms with Crippen LogP contribution in [-0.2, 0) is 13.1 Å². The molecule has 0 radical (unpaired) electrons. The SMILES string of the molecule is CNCc1noc(-c2cc(C)c3c(O)n(Cc4ccc(OC(F)(F)F)cc4)cc3c2)n1. The second kappa shape index (κ2) is 7.95. The van der Waals surface area contributed by atoms with Gasteiger partial charge in [-0.05, 0) is 49.4 Å². The molecule has 0 bridgehead atoms. The topological polar surface area (TPSA) is 85.3 Å². The van der Waals surface area contributed by atoms with Gasteiger partial charge in [-0.15, -0.1) is 13.2 Å². The van der Waals surface area contributed by atoms with E-state index in [0.717, 1.165) is 16.5 Å². The molecule has 0 spiro atoms. The second-order valence-corrected chi connectivity index (χ2v) is 7.08. The Morgan fingerprint density at radius 2 is 1.94 bits per heavy atom. The van der Waals surface area contributed by atoms with Crippen LogP contribution < -0.4 is 10.1 Å². The first-order chi connectivity index (χ1) is 14.7. The fraction of sp³-hybridized carbons (Fsp3) is 0.238. The van der Waals surface area contributed by atoms with Crippen molar-refractivity contribution in [2.75, 3.05) is 7.05 Å². The Hall–Kier alpha value is -3.53. The minimum absolute atomic E-state index is 0.0658. The summed E-state index contributed by atoms with van der Waals surface area (Å²) >= 11 is 0. The maximum absolute atomic E-state index is 12.3. The molecule has 0 unspecified atom stereocenters. The Labute approximate surface area is 175 Å². The van der Waals surface area contributed by atoms with Crippen LogP contribution in [0.15, 0.2) is 47.1 Å². The third-order valence-electron chi connectivity index (χ3n) is 4.72. The monoisotopic (exact) mass is 432 g/mol. The maximum atomic E-state index is 12.3. The zero-order valence-corrected chi connectivity index (χ0v) is 16.7. The van der Waals surface area contributed by atoms with Gasteiger partial charge in [-0.1, -0.05) is 17.3 Å². The van der Waals surface area contributed by atoms with E-state index in [1.807, 2.05) is 19.1 Å². The van der Waals surface area contributed by atoms with Crippen molar-refractivity contribution in [1.82, 2.24) is 20.0 Å². The Kier molecular flexibility index (Phi) is 5.32. The number of halogens is 3. The number of hydrogen-bond acceptors (Lipinski definition) is 6. The molecule has 0 aliphatic carbocycles. The molecule has 0 aliphatic rings. The molecule has 0 saturated carbocycles. The summed E-state index contributed by atoms with van der Waals surface area (Å²) in [5, 5.41) is 19.0. The normalized spacial score (nSPS) is 11.9. The van der Waals surface area contributed by atoms with Crippen molar-refractivity contribution in [3.8, 4) is 23.1 Å². The van der Waals surface area contributed by atoms with E-state index in [2.05, 4.69) is 20.2 Å². The van der Waals surface area contributed by atoms with Crippen molar-refractivity contribution in [3.05, 3.63) is 59.5 Å². The highest BCUT2D eigenvalue weighted by Gasteiger charge is 2.31. The predicted octanol–water partition coefficient (Wildman–Crippen LogP) is 4.37. The van der Waals surface area contributed by atoms with Gasteiger partial charge in [0.1, 0.15) is 5.75 Å². The van der Waals surface area contributed by atoms with Crippen LogP contribution in [-0.4, -0.2) is 33.2 Å². The van der Waals surface area contributed by atoms with Crippen LogP contribution in [0.2, 0.25) is 0 Å². The minimum Gasteiger partial charge on any atom is -0.494 e. The average molecular weight is 432 g/mol. The van der Waals surface area contributed by atoms with Crippen LogP contribution >= 0.6 is 0 Å². The van der Waals surface area contributed by atoms with E-state index < -0.39 is 6.36 Å². The Morgan fingerprint density at radius 1 is 1.19 bits per heavy atom. The number of ether oxygens (including phenoxy) is 1. The highest BCUT2D eigenvalue weighted by atomic mass is 19.4. The van der Waals surface area contributed by atoms with Crippen LogP contribution in [0, 0.1) is 6.92 Å². The van der Waals surface area contributed by atoms with E-state index in [1.165, 1.54) is 24.3 Å². The highest BCUT2D eigenvalue weighted by molar-refractivity contribution is 5.93. The van der Waals surface area contributed by atoms with Crippen LogP contribution in [0.5, 0.6) is 11.6 Å². The van der Waals surface area contributed by atoms with Gasteiger partial charge < -0.3 is 24.3 Å². The number of aryl methyl sites for hydroxylation is 1. The number of nitrogens with one attached hydrogen (secondary N) is 1. The molecule has 0 fully saturated rings. The molecule has 162 valence electrons. The molecule has 0 saturated heterocycles. The summed E-state index contributed by atoms with van der Waals surface area (Å²) in [6, 6.07) is 9.22. The molecule has 4 rings (SSSR count). The van der Waals surface area contributed by atoms with Gasteiger partial charge in [-0.25, -0.2) is 0 Å². The maximum Gasteiger partial charge on any atom is 0.573 e. The van der Waals surface area contributed by atoms with Crippen molar-refractivity contribution >= 4 is 10.8 Å². The molecule has 2 aromatic heterocycles. The molecule has 2 aromatic carbocycles. The first kappa shape index (κ1) is 20.7. The molecule has 7 nitrogen and oxygen atoms in total. The molecule has 10 heteroatoms. The van der Waals surface area contributed by atoms with Gasteiger partial charge in [-0.2, -0.15) is 4.98 Å². The minimum atomic E-state index is -4.74.